The number of hydrogen-bond donors (Lipinski definition) is 0. The van der Waals surface area contributed by atoms with Gasteiger partial charge in [-0.25, -0.2) is 0 Å². The Morgan fingerprint density at radius 3 is 2.62 bits per heavy atom. The van der Waals surface area contributed by atoms with Gasteiger partial charge < -0.3 is 4.90 Å². The van der Waals surface area contributed by atoms with Gasteiger partial charge in [-0.15, -0.1) is 0 Å². The van der Waals surface area contributed by atoms with Crippen molar-refractivity contribution in [3.05, 3.63) is 70.3 Å². The number of nitriles is 1. The van der Waals surface area contributed by atoms with Crippen molar-refractivity contribution in [1.29, 1.82) is 5.26 Å². The van der Waals surface area contributed by atoms with Gasteiger partial charge >= 0.3 is 0 Å². The molecule has 0 saturated heterocycles. The Hall–Kier alpha value is -2.44. The highest BCUT2D eigenvalue weighted by atomic mass is 15.0. The predicted octanol–water partition coefficient (Wildman–Crippen LogP) is 3.45. The van der Waals surface area contributed by atoms with Gasteiger partial charge in [0.15, 0.2) is 0 Å². The molecule has 0 spiro atoms. The second kappa shape index (κ2) is 7.42. The second-order valence-electron chi connectivity index (χ2n) is 6.49. The Bertz CT molecular complexity index is 797. The first kappa shape index (κ1) is 16.4. The third kappa shape index (κ3) is 3.39. The van der Waals surface area contributed by atoms with Gasteiger partial charge in [-0.05, 0) is 57.1 Å². The summed E-state index contributed by atoms with van der Waals surface area (Å²) in [5.41, 5.74) is 6.64. The van der Waals surface area contributed by atoms with E-state index in [4.69, 9.17) is 4.99 Å². The minimum Gasteiger partial charge on any atom is -0.309 e. The molecule has 0 heterocycles. The quantitative estimate of drug-likeness (QED) is 0.810. The van der Waals surface area contributed by atoms with Crippen molar-refractivity contribution in [1.82, 2.24) is 4.90 Å². The number of benzene rings is 2. The molecule has 122 valence electrons. The van der Waals surface area contributed by atoms with Crippen LogP contribution in [-0.4, -0.2) is 37.8 Å². The van der Waals surface area contributed by atoms with Crippen LogP contribution in [0, 0.1) is 11.3 Å². The highest BCUT2D eigenvalue weighted by Crippen LogP contribution is 2.27. The fraction of sp³-hybridized carbons (Fsp3) is 0.333. The van der Waals surface area contributed by atoms with Crippen LogP contribution in [0.1, 0.15) is 34.2 Å². The fourth-order valence-electron chi connectivity index (χ4n) is 3.30. The molecular formula is C21H23N3. The Labute approximate surface area is 144 Å². The van der Waals surface area contributed by atoms with Crippen LogP contribution in [0.3, 0.4) is 0 Å². The van der Waals surface area contributed by atoms with E-state index >= 15 is 0 Å². The molecule has 0 atom stereocenters. The summed E-state index contributed by atoms with van der Waals surface area (Å²) in [7, 11) is 4.17. The van der Waals surface area contributed by atoms with Crippen LogP contribution in [0.15, 0.2) is 47.5 Å². The first-order valence-electron chi connectivity index (χ1n) is 8.50. The number of aryl methyl sites for hydroxylation is 1. The average Bonchev–Trinajstić information content (AvgIpc) is 2.75. The summed E-state index contributed by atoms with van der Waals surface area (Å²) in [4.78, 5) is 7.14. The van der Waals surface area contributed by atoms with Gasteiger partial charge in [0, 0.05) is 17.7 Å². The maximum atomic E-state index is 9.47. The first-order chi connectivity index (χ1) is 11.7. The van der Waals surface area contributed by atoms with Crippen LogP contribution in [0.4, 0.5) is 0 Å². The van der Waals surface area contributed by atoms with E-state index in [2.05, 4.69) is 55.4 Å². The predicted molar refractivity (Wildman–Crippen MR) is 98.7 cm³/mol. The molecule has 24 heavy (non-hydrogen) atoms. The Balaban J connectivity index is 2.05. The Morgan fingerprint density at radius 2 is 1.83 bits per heavy atom. The van der Waals surface area contributed by atoms with Crippen molar-refractivity contribution in [2.45, 2.75) is 19.3 Å². The van der Waals surface area contributed by atoms with Crippen molar-refractivity contribution >= 4 is 5.71 Å². The van der Waals surface area contributed by atoms with E-state index in [1.807, 2.05) is 12.1 Å². The van der Waals surface area contributed by atoms with Crippen molar-refractivity contribution < 1.29 is 0 Å². The molecule has 1 aliphatic rings. The SMILES string of the molecule is CN(C)CCC/N=C1\c2ccccc2CCc2c(C#N)cccc21. The van der Waals surface area contributed by atoms with E-state index in [1.165, 1.54) is 11.1 Å². The van der Waals surface area contributed by atoms with Crippen LogP contribution in [0.2, 0.25) is 0 Å². The molecule has 0 bridgehead atoms. The minimum absolute atomic E-state index is 0.779. The maximum absolute atomic E-state index is 9.47. The first-order valence-corrected chi connectivity index (χ1v) is 8.50. The summed E-state index contributed by atoms with van der Waals surface area (Å²) >= 11 is 0. The zero-order valence-corrected chi connectivity index (χ0v) is 14.4. The van der Waals surface area contributed by atoms with Gasteiger partial charge in [0.05, 0.1) is 17.3 Å². The molecule has 2 aromatic carbocycles. The molecule has 0 unspecified atom stereocenters. The molecule has 3 nitrogen and oxygen atoms in total. The Morgan fingerprint density at radius 1 is 1.04 bits per heavy atom. The Kier molecular flexibility index (Phi) is 5.08. The van der Waals surface area contributed by atoms with Crippen molar-refractivity contribution in [3.8, 4) is 6.07 Å². The lowest BCUT2D eigenvalue weighted by Crippen LogP contribution is -2.14. The van der Waals surface area contributed by atoms with E-state index in [0.29, 0.717) is 0 Å². The van der Waals surface area contributed by atoms with Crippen LogP contribution in [-0.2, 0) is 12.8 Å². The lowest BCUT2D eigenvalue weighted by Gasteiger charge is -2.12. The zero-order chi connectivity index (χ0) is 16.9. The summed E-state index contributed by atoms with van der Waals surface area (Å²) in [5.74, 6) is 0. The van der Waals surface area contributed by atoms with Gasteiger partial charge in [0.2, 0.25) is 0 Å². The smallest absolute Gasteiger partial charge is 0.0994 e. The van der Waals surface area contributed by atoms with Gasteiger partial charge in [-0.2, -0.15) is 5.26 Å². The molecule has 0 radical (unpaired) electrons. The largest absolute Gasteiger partial charge is 0.309 e. The van der Waals surface area contributed by atoms with Crippen LogP contribution >= 0.6 is 0 Å². The van der Waals surface area contributed by atoms with Crippen molar-refractivity contribution in [2.24, 2.45) is 4.99 Å². The third-order valence-corrected chi connectivity index (χ3v) is 4.50. The molecule has 0 fully saturated rings. The van der Waals surface area contributed by atoms with Crippen LogP contribution in [0.25, 0.3) is 0 Å². The molecule has 0 aromatic heterocycles. The third-order valence-electron chi connectivity index (χ3n) is 4.50. The van der Waals surface area contributed by atoms with Gasteiger partial charge in [-0.1, -0.05) is 36.4 Å². The lowest BCUT2D eigenvalue weighted by atomic mass is 9.95. The number of aliphatic imine (C=N–C) groups is 1. The monoisotopic (exact) mass is 317 g/mol. The summed E-state index contributed by atoms with van der Waals surface area (Å²) in [6, 6.07) is 16.9. The van der Waals surface area contributed by atoms with Gasteiger partial charge in [0.1, 0.15) is 0 Å². The van der Waals surface area contributed by atoms with E-state index in [0.717, 1.165) is 54.8 Å². The highest BCUT2D eigenvalue weighted by Gasteiger charge is 2.20. The minimum atomic E-state index is 0.779. The molecule has 3 heteroatoms. The molecule has 2 aromatic rings. The molecule has 1 aliphatic carbocycles. The van der Waals surface area contributed by atoms with Crippen molar-refractivity contribution in [3.63, 3.8) is 0 Å². The number of fused-ring (bicyclic) bond motifs is 2. The number of nitrogens with zero attached hydrogens (tertiary/aromatic N) is 3. The van der Waals surface area contributed by atoms with Crippen LogP contribution in [0.5, 0.6) is 0 Å². The summed E-state index contributed by atoms with van der Waals surface area (Å²) in [6.45, 7) is 1.83. The van der Waals surface area contributed by atoms with E-state index in [9.17, 15) is 5.26 Å². The average molecular weight is 317 g/mol. The number of rotatable bonds is 4. The summed E-state index contributed by atoms with van der Waals surface area (Å²) in [6.07, 6.45) is 2.89. The molecule has 0 aliphatic heterocycles. The molecule has 3 rings (SSSR count). The second-order valence-corrected chi connectivity index (χ2v) is 6.49. The fourth-order valence-corrected chi connectivity index (χ4v) is 3.30. The topological polar surface area (TPSA) is 39.4 Å². The summed E-state index contributed by atoms with van der Waals surface area (Å²) in [5, 5.41) is 9.47. The standard InChI is InChI=1S/C21H23N3/c1-24(2)14-6-13-23-21-19-9-4-3-7-16(19)11-12-18-17(15-22)8-5-10-20(18)21/h3-5,7-10H,6,11-14H2,1-2H3/b23-21+. The lowest BCUT2D eigenvalue weighted by molar-refractivity contribution is 0.403. The number of hydrogen-bond acceptors (Lipinski definition) is 3. The van der Waals surface area contributed by atoms with E-state index < -0.39 is 0 Å². The van der Waals surface area contributed by atoms with Crippen molar-refractivity contribution in [2.75, 3.05) is 27.2 Å². The summed E-state index contributed by atoms with van der Waals surface area (Å²) < 4.78 is 0. The normalized spacial score (nSPS) is 14.8. The molecule has 0 saturated carbocycles. The van der Waals surface area contributed by atoms with Gasteiger partial charge in [0.25, 0.3) is 0 Å². The molecular weight excluding hydrogens is 294 g/mol. The van der Waals surface area contributed by atoms with E-state index in [1.54, 1.807) is 0 Å². The van der Waals surface area contributed by atoms with Gasteiger partial charge in [-0.3, -0.25) is 4.99 Å². The zero-order valence-electron chi connectivity index (χ0n) is 14.4. The maximum Gasteiger partial charge on any atom is 0.0994 e. The molecule has 0 amide bonds. The van der Waals surface area contributed by atoms with Crippen LogP contribution < -0.4 is 0 Å². The molecule has 0 N–H and O–H groups in total. The van der Waals surface area contributed by atoms with E-state index in [-0.39, 0.29) is 0 Å². The highest BCUT2D eigenvalue weighted by molar-refractivity contribution is 6.15.